The first-order chi connectivity index (χ1) is 10.2. The Morgan fingerprint density at radius 1 is 1.43 bits per heavy atom. The van der Waals surface area contributed by atoms with E-state index in [9.17, 15) is 4.79 Å². The van der Waals surface area contributed by atoms with Crippen LogP contribution in [0.2, 0.25) is 0 Å². The maximum Gasteiger partial charge on any atom is 0.339 e. The molecule has 0 saturated heterocycles. The van der Waals surface area contributed by atoms with Crippen molar-refractivity contribution < 1.29 is 9.53 Å². The largest absolute Gasteiger partial charge is 0.465 e. The van der Waals surface area contributed by atoms with Crippen LogP contribution in [-0.4, -0.2) is 18.1 Å². The number of nitrogen functional groups attached to an aromatic ring is 1. The molecule has 0 fully saturated rings. The predicted octanol–water partition coefficient (Wildman–Crippen LogP) is 2.72. The van der Waals surface area contributed by atoms with Gasteiger partial charge in [0, 0.05) is 18.1 Å². The fourth-order valence-corrected chi connectivity index (χ4v) is 3.09. The van der Waals surface area contributed by atoms with E-state index in [0.29, 0.717) is 11.5 Å². The Morgan fingerprint density at radius 3 is 3.10 bits per heavy atom. The minimum absolute atomic E-state index is 0.347. The molecule has 21 heavy (non-hydrogen) atoms. The molecule has 1 aromatic heterocycles. The fourth-order valence-electron chi connectivity index (χ4n) is 3.09. The normalized spacial score (nSPS) is 16.5. The van der Waals surface area contributed by atoms with Gasteiger partial charge in [-0.15, -0.1) is 0 Å². The zero-order valence-corrected chi connectivity index (χ0v) is 12.0. The number of hydrogen-bond acceptors (Lipinski definition) is 4. The molecule has 4 heteroatoms. The van der Waals surface area contributed by atoms with Gasteiger partial charge in [-0.3, -0.25) is 4.98 Å². The number of methoxy groups -OCH3 is 1. The van der Waals surface area contributed by atoms with E-state index in [2.05, 4.69) is 11.1 Å². The van der Waals surface area contributed by atoms with Gasteiger partial charge in [-0.25, -0.2) is 4.79 Å². The van der Waals surface area contributed by atoms with Crippen molar-refractivity contribution in [3.05, 3.63) is 58.9 Å². The Morgan fingerprint density at radius 2 is 2.29 bits per heavy atom. The standard InChI is InChI=1S/C17H18N2O2/c1-21-17(20)13-8-11(9-19-10-13)7-12-5-6-15-14(12)3-2-4-16(15)18/h2-4,8-10,12H,5-7,18H2,1H3. The molecule has 2 N–H and O–H groups in total. The van der Waals surface area contributed by atoms with Gasteiger partial charge in [0.15, 0.2) is 0 Å². The van der Waals surface area contributed by atoms with Crippen LogP contribution in [0.4, 0.5) is 5.69 Å². The summed E-state index contributed by atoms with van der Waals surface area (Å²) in [6.07, 6.45) is 6.34. The van der Waals surface area contributed by atoms with Gasteiger partial charge in [0.1, 0.15) is 0 Å². The molecule has 1 aliphatic rings. The van der Waals surface area contributed by atoms with Crippen LogP contribution >= 0.6 is 0 Å². The number of carbonyl (C=O) groups is 1. The summed E-state index contributed by atoms with van der Waals surface area (Å²) in [7, 11) is 1.38. The first-order valence-corrected chi connectivity index (χ1v) is 7.08. The number of nitrogens with two attached hydrogens (primary N) is 1. The zero-order chi connectivity index (χ0) is 14.8. The molecule has 0 amide bonds. The topological polar surface area (TPSA) is 65.2 Å². The SMILES string of the molecule is COC(=O)c1cncc(CC2CCc3c(N)cccc32)c1. The third-order valence-corrected chi connectivity index (χ3v) is 4.13. The Balaban J connectivity index is 1.83. The molecule has 108 valence electrons. The van der Waals surface area contributed by atoms with E-state index < -0.39 is 0 Å². The van der Waals surface area contributed by atoms with Crippen molar-refractivity contribution in [3.8, 4) is 0 Å². The quantitative estimate of drug-likeness (QED) is 0.694. The van der Waals surface area contributed by atoms with Gasteiger partial charge < -0.3 is 10.5 Å². The second kappa shape index (κ2) is 5.56. The molecule has 1 atom stereocenters. The van der Waals surface area contributed by atoms with Crippen molar-refractivity contribution in [1.82, 2.24) is 4.98 Å². The van der Waals surface area contributed by atoms with Crippen LogP contribution in [0.1, 0.15) is 39.4 Å². The highest BCUT2D eigenvalue weighted by atomic mass is 16.5. The van der Waals surface area contributed by atoms with Gasteiger partial charge in [0.2, 0.25) is 0 Å². The fraction of sp³-hybridized carbons (Fsp3) is 0.294. The molecule has 1 aliphatic carbocycles. The van der Waals surface area contributed by atoms with Gasteiger partial charge in [0.05, 0.1) is 12.7 Å². The molecular formula is C17H18N2O2. The predicted molar refractivity (Wildman–Crippen MR) is 81.2 cm³/mol. The molecule has 2 aromatic rings. The summed E-state index contributed by atoms with van der Waals surface area (Å²) in [5.74, 6) is 0.0959. The zero-order valence-electron chi connectivity index (χ0n) is 12.0. The lowest BCUT2D eigenvalue weighted by molar-refractivity contribution is 0.0600. The molecule has 3 rings (SSSR count). The summed E-state index contributed by atoms with van der Waals surface area (Å²) >= 11 is 0. The van der Waals surface area contributed by atoms with Crippen molar-refractivity contribution in [1.29, 1.82) is 0 Å². The van der Waals surface area contributed by atoms with Crippen LogP contribution in [-0.2, 0) is 17.6 Å². The number of ether oxygens (including phenoxy) is 1. The van der Waals surface area contributed by atoms with Crippen molar-refractivity contribution in [2.24, 2.45) is 0 Å². The molecule has 0 aliphatic heterocycles. The highest BCUT2D eigenvalue weighted by Gasteiger charge is 2.24. The molecule has 1 heterocycles. The van der Waals surface area contributed by atoms with E-state index in [0.717, 1.165) is 30.5 Å². The second-order valence-electron chi connectivity index (χ2n) is 5.43. The summed E-state index contributed by atoms with van der Waals surface area (Å²) in [4.78, 5) is 15.7. The number of nitrogens with zero attached hydrogens (tertiary/aromatic N) is 1. The Bertz CT molecular complexity index is 682. The molecule has 0 radical (unpaired) electrons. The second-order valence-corrected chi connectivity index (χ2v) is 5.43. The molecule has 1 aromatic carbocycles. The summed E-state index contributed by atoms with van der Waals surface area (Å²) in [6.45, 7) is 0. The first kappa shape index (κ1) is 13.6. The van der Waals surface area contributed by atoms with Gasteiger partial charge in [-0.05, 0) is 54.0 Å². The van der Waals surface area contributed by atoms with Gasteiger partial charge >= 0.3 is 5.97 Å². The molecule has 1 unspecified atom stereocenters. The van der Waals surface area contributed by atoms with Crippen LogP contribution in [0, 0.1) is 0 Å². The highest BCUT2D eigenvalue weighted by molar-refractivity contribution is 5.89. The van der Waals surface area contributed by atoms with E-state index >= 15 is 0 Å². The van der Waals surface area contributed by atoms with Gasteiger partial charge in [-0.1, -0.05) is 12.1 Å². The van der Waals surface area contributed by atoms with Crippen LogP contribution < -0.4 is 5.73 Å². The summed E-state index contributed by atoms with van der Waals surface area (Å²) in [5.41, 5.74) is 11.1. The van der Waals surface area contributed by atoms with E-state index in [4.69, 9.17) is 10.5 Å². The number of carbonyl (C=O) groups excluding carboxylic acids is 1. The summed E-state index contributed by atoms with van der Waals surface area (Å²) in [5, 5.41) is 0. The minimum Gasteiger partial charge on any atom is -0.465 e. The van der Waals surface area contributed by atoms with Crippen molar-refractivity contribution >= 4 is 11.7 Å². The Kier molecular flexibility index (Phi) is 3.60. The Labute approximate surface area is 124 Å². The summed E-state index contributed by atoms with van der Waals surface area (Å²) in [6, 6.07) is 7.99. The third-order valence-electron chi connectivity index (χ3n) is 4.13. The number of rotatable bonds is 3. The van der Waals surface area contributed by atoms with Crippen LogP contribution in [0.5, 0.6) is 0 Å². The number of benzene rings is 1. The lowest BCUT2D eigenvalue weighted by Crippen LogP contribution is -2.05. The highest BCUT2D eigenvalue weighted by Crippen LogP contribution is 2.38. The first-order valence-electron chi connectivity index (χ1n) is 7.08. The van der Waals surface area contributed by atoms with Gasteiger partial charge in [0.25, 0.3) is 0 Å². The number of pyridine rings is 1. The number of hydrogen-bond donors (Lipinski definition) is 1. The van der Waals surface area contributed by atoms with E-state index in [1.807, 2.05) is 24.4 Å². The smallest absolute Gasteiger partial charge is 0.339 e. The average molecular weight is 282 g/mol. The molecule has 4 nitrogen and oxygen atoms in total. The number of fused-ring (bicyclic) bond motifs is 1. The Hall–Kier alpha value is -2.36. The monoisotopic (exact) mass is 282 g/mol. The number of anilines is 1. The molecule has 0 bridgehead atoms. The maximum atomic E-state index is 11.6. The van der Waals surface area contributed by atoms with Crippen molar-refractivity contribution in [3.63, 3.8) is 0 Å². The van der Waals surface area contributed by atoms with Crippen LogP contribution in [0.15, 0.2) is 36.7 Å². The van der Waals surface area contributed by atoms with Crippen LogP contribution in [0.3, 0.4) is 0 Å². The lowest BCUT2D eigenvalue weighted by atomic mass is 9.93. The average Bonchev–Trinajstić information content (AvgIpc) is 2.91. The molecule has 0 saturated carbocycles. The van der Waals surface area contributed by atoms with Crippen molar-refractivity contribution in [2.45, 2.75) is 25.2 Å². The van der Waals surface area contributed by atoms with E-state index in [1.54, 1.807) is 0 Å². The minimum atomic E-state index is -0.347. The lowest BCUT2D eigenvalue weighted by Gasteiger charge is -2.12. The third kappa shape index (κ3) is 2.61. The summed E-state index contributed by atoms with van der Waals surface area (Å²) < 4.78 is 4.74. The van der Waals surface area contributed by atoms with Gasteiger partial charge in [-0.2, -0.15) is 0 Å². The van der Waals surface area contributed by atoms with E-state index in [-0.39, 0.29) is 5.97 Å². The number of esters is 1. The molecule has 0 spiro atoms. The van der Waals surface area contributed by atoms with Crippen LogP contribution in [0.25, 0.3) is 0 Å². The van der Waals surface area contributed by atoms with Crippen molar-refractivity contribution in [2.75, 3.05) is 12.8 Å². The molecular weight excluding hydrogens is 264 g/mol. The number of aromatic nitrogens is 1. The maximum absolute atomic E-state index is 11.6. The van der Waals surface area contributed by atoms with E-state index in [1.165, 1.54) is 24.4 Å².